The van der Waals surface area contributed by atoms with Gasteiger partial charge in [-0.05, 0) is 46.3 Å². The van der Waals surface area contributed by atoms with E-state index in [2.05, 4.69) is 21.2 Å². The first-order valence-corrected chi connectivity index (χ1v) is 7.36. The number of allylic oxidation sites excluding steroid dienone is 1. The van der Waals surface area contributed by atoms with Gasteiger partial charge in [0.2, 0.25) is 0 Å². The van der Waals surface area contributed by atoms with Crippen molar-refractivity contribution in [1.82, 2.24) is 0 Å². The van der Waals surface area contributed by atoms with Crippen molar-refractivity contribution in [3.8, 4) is 5.75 Å². The highest BCUT2D eigenvalue weighted by Crippen LogP contribution is 2.27. The second-order valence-electron chi connectivity index (χ2n) is 4.49. The number of carbonyl (C=O) groups excluding carboxylic acids is 1. The number of ketones is 1. The number of methoxy groups -OCH3 is 1. The number of nitrogens with zero attached hydrogens (tertiary/aromatic N) is 1. The lowest BCUT2D eigenvalue weighted by molar-refractivity contribution is -0.384. The predicted octanol–water partition coefficient (Wildman–Crippen LogP) is 4.17. The van der Waals surface area contributed by atoms with Crippen molar-refractivity contribution in [2.75, 3.05) is 12.4 Å². The molecule has 0 radical (unpaired) electrons. The van der Waals surface area contributed by atoms with Crippen molar-refractivity contribution in [1.29, 1.82) is 0 Å². The Balaban J connectivity index is 2.03. The highest BCUT2D eigenvalue weighted by molar-refractivity contribution is 9.10. The summed E-state index contributed by atoms with van der Waals surface area (Å²) in [6.07, 6.45) is 2.87. The van der Waals surface area contributed by atoms with Gasteiger partial charge in [0.05, 0.1) is 17.7 Å². The lowest BCUT2D eigenvalue weighted by atomic mass is 10.1. The van der Waals surface area contributed by atoms with Crippen LogP contribution >= 0.6 is 15.9 Å². The summed E-state index contributed by atoms with van der Waals surface area (Å²) in [6, 6.07) is 11.1. The predicted molar refractivity (Wildman–Crippen MR) is 90.9 cm³/mol. The minimum Gasteiger partial charge on any atom is -0.497 e. The van der Waals surface area contributed by atoms with Gasteiger partial charge in [-0.1, -0.05) is 0 Å². The number of benzene rings is 2. The maximum Gasteiger partial charge on any atom is 0.270 e. The zero-order chi connectivity index (χ0) is 16.8. The van der Waals surface area contributed by atoms with Crippen LogP contribution in [0, 0.1) is 10.1 Å². The summed E-state index contributed by atoms with van der Waals surface area (Å²) in [7, 11) is 1.56. The van der Waals surface area contributed by atoms with Crippen LogP contribution in [0.4, 0.5) is 11.4 Å². The summed E-state index contributed by atoms with van der Waals surface area (Å²) in [6.45, 7) is 0. The number of halogens is 1. The van der Waals surface area contributed by atoms with E-state index in [4.69, 9.17) is 4.74 Å². The summed E-state index contributed by atoms with van der Waals surface area (Å²) in [5.41, 5.74) is 1.14. The molecule has 0 fully saturated rings. The second kappa shape index (κ2) is 7.55. The number of anilines is 1. The van der Waals surface area contributed by atoms with Crippen LogP contribution in [-0.4, -0.2) is 17.8 Å². The molecule has 0 amide bonds. The van der Waals surface area contributed by atoms with Gasteiger partial charge in [-0.2, -0.15) is 0 Å². The van der Waals surface area contributed by atoms with E-state index in [1.807, 2.05) is 0 Å². The molecule has 0 saturated heterocycles. The maximum absolute atomic E-state index is 12.0. The van der Waals surface area contributed by atoms with Crippen LogP contribution in [-0.2, 0) is 0 Å². The summed E-state index contributed by atoms with van der Waals surface area (Å²) in [4.78, 5) is 22.2. The number of non-ortho nitro benzene ring substituents is 1. The van der Waals surface area contributed by atoms with Crippen LogP contribution in [0.2, 0.25) is 0 Å². The largest absolute Gasteiger partial charge is 0.497 e. The molecular formula is C16H13BrN2O4. The number of nitrogens with one attached hydrogen (secondary N) is 1. The minimum absolute atomic E-state index is 0.0132. The number of ether oxygens (including phenoxy) is 1. The molecule has 0 unspecified atom stereocenters. The fourth-order valence-corrected chi connectivity index (χ4v) is 2.27. The number of carbonyl (C=O) groups is 1. The van der Waals surface area contributed by atoms with Crippen molar-refractivity contribution in [2.45, 2.75) is 0 Å². The zero-order valence-electron chi connectivity index (χ0n) is 12.2. The Morgan fingerprint density at radius 2 is 1.96 bits per heavy atom. The number of nitro benzene ring substituents is 1. The van der Waals surface area contributed by atoms with Crippen LogP contribution in [0.1, 0.15) is 10.4 Å². The molecule has 0 saturated carbocycles. The number of nitro groups is 1. The van der Waals surface area contributed by atoms with Gasteiger partial charge < -0.3 is 10.1 Å². The van der Waals surface area contributed by atoms with Crippen molar-refractivity contribution in [3.05, 3.63) is 74.9 Å². The molecular weight excluding hydrogens is 364 g/mol. The molecule has 7 heteroatoms. The van der Waals surface area contributed by atoms with E-state index in [9.17, 15) is 14.9 Å². The third-order valence-electron chi connectivity index (χ3n) is 3.01. The first kappa shape index (κ1) is 16.7. The lowest BCUT2D eigenvalue weighted by Crippen LogP contribution is -1.97. The average Bonchev–Trinajstić information content (AvgIpc) is 2.56. The van der Waals surface area contributed by atoms with E-state index in [1.165, 1.54) is 24.4 Å². The molecule has 2 aromatic carbocycles. The molecule has 2 aromatic rings. The van der Waals surface area contributed by atoms with Crippen LogP contribution in [0.15, 0.2) is 59.2 Å². The lowest BCUT2D eigenvalue weighted by Gasteiger charge is -2.04. The van der Waals surface area contributed by atoms with E-state index in [0.717, 1.165) is 0 Å². The second-order valence-corrected chi connectivity index (χ2v) is 5.35. The summed E-state index contributed by atoms with van der Waals surface area (Å²) in [5, 5.41) is 13.6. The monoisotopic (exact) mass is 376 g/mol. The first-order chi connectivity index (χ1) is 11.0. The highest BCUT2D eigenvalue weighted by Gasteiger charge is 2.08. The molecule has 0 aliphatic carbocycles. The Morgan fingerprint density at radius 1 is 1.26 bits per heavy atom. The van der Waals surface area contributed by atoms with Crippen molar-refractivity contribution >= 4 is 33.1 Å². The molecule has 0 heterocycles. The van der Waals surface area contributed by atoms with Gasteiger partial charge in [-0.3, -0.25) is 14.9 Å². The number of rotatable bonds is 6. The van der Waals surface area contributed by atoms with Crippen molar-refractivity contribution in [2.24, 2.45) is 0 Å². The zero-order valence-corrected chi connectivity index (χ0v) is 13.7. The quantitative estimate of drug-likeness (QED) is 0.354. The van der Waals surface area contributed by atoms with Gasteiger partial charge in [0, 0.05) is 34.4 Å². The third kappa shape index (κ3) is 4.40. The van der Waals surface area contributed by atoms with E-state index in [-0.39, 0.29) is 11.5 Å². The van der Waals surface area contributed by atoms with Gasteiger partial charge in [0.15, 0.2) is 5.78 Å². The summed E-state index contributed by atoms with van der Waals surface area (Å²) in [5.74, 6) is 0.511. The molecule has 2 rings (SSSR count). The SMILES string of the molecule is COc1ccc(C(=O)C=CNc2ccc([N+](=O)[O-])cc2Br)cc1. The maximum atomic E-state index is 12.0. The number of hydrogen-bond acceptors (Lipinski definition) is 5. The molecule has 0 aliphatic rings. The summed E-state index contributed by atoms with van der Waals surface area (Å²) < 4.78 is 5.57. The van der Waals surface area contributed by atoms with Gasteiger partial charge in [-0.15, -0.1) is 0 Å². The fraction of sp³-hybridized carbons (Fsp3) is 0.0625. The molecule has 0 spiro atoms. The van der Waals surface area contributed by atoms with Crippen LogP contribution in [0.25, 0.3) is 0 Å². The molecule has 0 atom stereocenters. The van der Waals surface area contributed by atoms with Gasteiger partial charge in [0.1, 0.15) is 5.75 Å². The van der Waals surface area contributed by atoms with Gasteiger partial charge in [-0.25, -0.2) is 0 Å². The third-order valence-corrected chi connectivity index (χ3v) is 3.67. The van der Waals surface area contributed by atoms with Gasteiger partial charge >= 0.3 is 0 Å². The Hall–Kier alpha value is -2.67. The Bertz CT molecular complexity index is 757. The van der Waals surface area contributed by atoms with Crippen LogP contribution in [0.5, 0.6) is 5.75 Å². The average molecular weight is 377 g/mol. The summed E-state index contributed by atoms with van der Waals surface area (Å²) >= 11 is 3.24. The Labute approximate surface area is 141 Å². The topological polar surface area (TPSA) is 81.5 Å². The molecule has 1 N–H and O–H groups in total. The van der Waals surface area contributed by atoms with E-state index >= 15 is 0 Å². The molecule has 23 heavy (non-hydrogen) atoms. The highest BCUT2D eigenvalue weighted by atomic mass is 79.9. The molecule has 0 aliphatic heterocycles. The Morgan fingerprint density at radius 3 is 2.52 bits per heavy atom. The minimum atomic E-state index is -0.475. The Kier molecular flexibility index (Phi) is 5.48. The molecule has 0 aromatic heterocycles. The molecule has 0 bridgehead atoms. The molecule has 6 nitrogen and oxygen atoms in total. The molecule has 118 valence electrons. The van der Waals surface area contributed by atoms with Crippen molar-refractivity contribution < 1.29 is 14.5 Å². The van der Waals surface area contributed by atoms with E-state index < -0.39 is 4.92 Å². The van der Waals surface area contributed by atoms with E-state index in [1.54, 1.807) is 37.4 Å². The van der Waals surface area contributed by atoms with Crippen LogP contribution in [0.3, 0.4) is 0 Å². The van der Waals surface area contributed by atoms with Crippen molar-refractivity contribution in [3.63, 3.8) is 0 Å². The standard InChI is InChI=1S/C16H13BrN2O4/c1-23-13-5-2-11(3-6-13)16(20)8-9-18-15-7-4-12(19(21)22)10-14(15)17/h2-10,18H,1H3. The van der Waals surface area contributed by atoms with Crippen LogP contribution < -0.4 is 10.1 Å². The van der Waals surface area contributed by atoms with E-state index in [0.29, 0.717) is 21.5 Å². The fourth-order valence-electron chi connectivity index (χ4n) is 1.79. The van der Waals surface area contributed by atoms with Gasteiger partial charge in [0.25, 0.3) is 5.69 Å². The normalized spacial score (nSPS) is 10.5. The first-order valence-electron chi connectivity index (χ1n) is 6.56. The smallest absolute Gasteiger partial charge is 0.270 e. The number of hydrogen-bond donors (Lipinski definition) is 1.